The Labute approximate surface area is 121 Å². The Balaban J connectivity index is 2.31. The van der Waals surface area contributed by atoms with Crippen molar-refractivity contribution in [3.05, 3.63) is 29.8 Å². The molecule has 0 spiro atoms. The molecule has 1 heterocycles. The van der Waals surface area contributed by atoms with Crippen LogP contribution in [0.3, 0.4) is 0 Å². The van der Waals surface area contributed by atoms with E-state index in [1.54, 1.807) is 7.05 Å². The summed E-state index contributed by atoms with van der Waals surface area (Å²) >= 11 is 0. The van der Waals surface area contributed by atoms with Crippen molar-refractivity contribution in [3.63, 3.8) is 0 Å². The predicted molar refractivity (Wildman–Crippen MR) is 80.0 cm³/mol. The summed E-state index contributed by atoms with van der Waals surface area (Å²) in [6.45, 7) is 0.844. The maximum absolute atomic E-state index is 12.7. The molecule has 0 atom stereocenters. The van der Waals surface area contributed by atoms with E-state index in [4.69, 9.17) is 5.11 Å². The summed E-state index contributed by atoms with van der Waals surface area (Å²) in [6.07, 6.45) is 3.24. The first-order valence-electron chi connectivity index (χ1n) is 7.00. The molecule has 2 rings (SSSR count). The van der Waals surface area contributed by atoms with Crippen molar-refractivity contribution in [1.29, 1.82) is 0 Å². The first kappa shape index (κ1) is 15.3. The molecule has 0 unspecified atom stereocenters. The van der Waals surface area contributed by atoms with Crippen LogP contribution in [-0.4, -0.2) is 44.6 Å². The van der Waals surface area contributed by atoms with E-state index in [-0.39, 0.29) is 6.61 Å². The van der Waals surface area contributed by atoms with Crippen molar-refractivity contribution in [2.45, 2.75) is 25.7 Å². The highest BCUT2D eigenvalue weighted by atomic mass is 32.2. The number of rotatable bonds is 5. The molecule has 0 aliphatic carbocycles. The lowest BCUT2D eigenvalue weighted by molar-refractivity contribution is 0.275. The SMILES string of the molecule is CN(CCCO)S(=O)(=O)N1CCCCc2ccccc21. The quantitative estimate of drug-likeness (QED) is 0.893. The van der Waals surface area contributed by atoms with Gasteiger partial charge in [0, 0.05) is 26.7 Å². The lowest BCUT2D eigenvalue weighted by Gasteiger charge is -2.29. The number of fused-ring (bicyclic) bond motifs is 1. The number of benzene rings is 1. The fourth-order valence-corrected chi connectivity index (χ4v) is 3.96. The number of hydrogen-bond acceptors (Lipinski definition) is 3. The van der Waals surface area contributed by atoms with Gasteiger partial charge in [0.2, 0.25) is 0 Å². The van der Waals surface area contributed by atoms with Gasteiger partial charge in [-0.1, -0.05) is 18.2 Å². The average Bonchev–Trinajstić information content (AvgIpc) is 2.67. The second-order valence-corrected chi connectivity index (χ2v) is 7.02. The fourth-order valence-electron chi connectivity index (χ4n) is 2.47. The van der Waals surface area contributed by atoms with Gasteiger partial charge in [-0.2, -0.15) is 12.7 Å². The second kappa shape index (κ2) is 6.56. The third-order valence-electron chi connectivity index (χ3n) is 3.62. The van der Waals surface area contributed by atoms with E-state index < -0.39 is 10.2 Å². The van der Waals surface area contributed by atoms with Crippen LogP contribution < -0.4 is 4.31 Å². The van der Waals surface area contributed by atoms with Crippen LogP contribution in [0, 0.1) is 0 Å². The molecule has 5 nitrogen and oxygen atoms in total. The first-order valence-corrected chi connectivity index (χ1v) is 8.40. The number of hydrogen-bond donors (Lipinski definition) is 1. The van der Waals surface area contributed by atoms with Crippen LogP contribution in [0.25, 0.3) is 0 Å². The molecular weight excluding hydrogens is 276 g/mol. The van der Waals surface area contributed by atoms with Crippen LogP contribution >= 0.6 is 0 Å². The van der Waals surface area contributed by atoms with E-state index in [0.29, 0.717) is 19.5 Å². The molecule has 6 heteroatoms. The minimum atomic E-state index is -3.52. The van der Waals surface area contributed by atoms with E-state index in [9.17, 15) is 8.42 Å². The van der Waals surface area contributed by atoms with E-state index in [2.05, 4.69) is 0 Å². The van der Waals surface area contributed by atoms with Gasteiger partial charge in [0.1, 0.15) is 0 Å². The number of aryl methyl sites for hydroxylation is 1. The molecular formula is C14H22N2O3S. The van der Waals surface area contributed by atoms with Gasteiger partial charge in [-0.15, -0.1) is 0 Å². The smallest absolute Gasteiger partial charge is 0.303 e. The standard InChI is InChI=1S/C14H22N2O3S/c1-15(10-6-12-17)20(18,19)16-11-5-4-8-13-7-2-3-9-14(13)16/h2-3,7,9,17H,4-6,8,10-12H2,1H3. The highest BCUT2D eigenvalue weighted by Crippen LogP contribution is 2.29. The summed E-state index contributed by atoms with van der Waals surface area (Å²) in [5, 5.41) is 8.86. The molecule has 1 aliphatic heterocycles. The molecule has 0 fully saturated rings. The van der Waals surface area contributed by atoms with Crippen LogP contribution in [-0.2, 0) is 16.6 Å². The van der Waals surface area contributed by atoms with Crippen molar-refractivity contribution in [1.82, 2.24) is 4.31 Å². The number of anilines is 1. The third-order valence-corrected chi connectivity index (χ3v) is 5.53. The molecule has 1 aromatic carbocycles. The molecule has 20 heavy (non-hydrogen) atoms. The van der Waals surface area contributed by atoms with Crippen LogP contribution in [0.2, 0.25) is 0 Å². The summed E-state index contributed by atoms with van der Waals surface area (Å²) < 4.78 is 28.2. The van der Waals surface area contributed by atoms with Crippen molar-refractivity contribution >= 4 is 15.9 Å². The molecule has 0 radical (unpaired) electrons. The molecule has 0 saturated heterocycles. The molecule has 0 aromatic heterocycles. The average molecular weight is 298 g/mol. The molecule has 0 amide bonds. The molecule has 112 valence electrons. The molecule has 1 aromatic rings. The maximum atomic E-state index is 12.7. The monoisotopic (exact) mass is 298 g/mol. The van der Waals surface area contributed by atoms with Gasteiger partial charge in [-0.25, -0.2) is 0 Å². The van der Waals surface area contributed by atoms with Gasteiger partial charge in [0.15, 0.2) is 0 Å². The lowest BCUT2D eigenvalue weighted by atomic mass is 10.1. The summed E-state index contributed by atoms with van der Waals surface area (Å²) in [6, 6.07) is 7.69. The van der Waals surface area contributed by atoms with E-state index >= 15 is 0 Å². The molecule has 1 aliphatic rings. The van der Waals surface area contributed by atoms with Crippen LogP contribution in [0.1, 0.15) is 24.8 Å². The van der Waals surface area contributed by atoms with Gasteiger partial charge in [0.05, 0.1) is 5.69 Å². The normalized spacial score (nSPS) is 16.1. The van der Waals surface area contributed by atoms with E-state index in [1.165, 1.54) is 8.61 Å². The van der Waals surface area contributed by atoms with Gasteiger partial charge < -0.3 is 5.11 Å². The fraction of sp³-hybridized carbons (Fsp3) is 0.571. The van der Waals surface area contributed by atoms with Crippen molar-refractivity contribution in [3.8, 4) is 0 Å². The Kier molecular flexibility index (Phi) is 5.01. The molecule has 0 saturated carbocycles. The minimum Gasteiger partial charge on any atom is -0.396 e. The number of aliphatic hydroxyl groups excluding tert-OH is 1. The maximum Gasteiger partial charge on any atom is 0.303 e. The van der Waals surface area contributed by atoms with Gasteiger partial charge in [0.25, 0.3) is 0 Å². The van der Waals surface area contributed by atoms with E-state index in [1.807, 2.05) is 24.3 Å². The zero-order valence-electron chi connectivity index (χ0n) is 11.8. The third kappa shape index (κ3) is 3.13. The summed E-state index contributed by atoms with van der Waals surface area (Å²) in [5.74, 6) is 0. The van der Waals surface area contributed by atoms with Crippen LogP contribution in [0.4, 0.5) is 5.69 Å². The zero-order chi connectivity index (χ0) is 14.6. The Bertz CT molecular complexity index is 545. The van der Waals surface area contributed by atoms with Gasteiger partial charge in [-0.3, -0.25) is 4.31 Å². The van der Waals surface area contributed by atoms with Gasteiger partial charge >= 0.3 is 10.2 Å². The lowest BCUT2D eigenvalue weighted by Crippen LogP contribution is -2.43. The first-order chi connectivity index (χ1) is 9.57. The van der Waals surface area contributed by atoms with Crippen molar-refractivity contribution in [2.75, 3.05) is 31.0 Å². The highest BCUT2D eigenvalue weighted by Gasteiger charge is 2.29. The number of nitrogens with zero attached hydrogens (tertiary/aromatic N) is 2. The second-order valence-electron chi connectivity index (χ2n) is 5.06. The van der Waals surface area contributed by atoms with Crippen molar-refractivity contribution in [2.24, 2.45) is 0 Å². The number of aliphatic hydroxyl groups is 1. The zero-order valence-corrected chi connectivity index (χ0v) is 12.6. The van der Waals surface area contributed by atoms with Gasteiger partial charge in [-0.05, 0) is 37.3 Å². The minimum absolute atomic E-state index is 0.00352. The summed E-state index contributed by atoms with van der Waals surface area (Å²) in [7, 11) is -1.95. The van der Waals surface area contributed by atoms with E-state index in [0.717, 1.165) is 30.5 Å². The van der Waals surface area contributed by atoms with Crippen LogP contribution in [0.15, 0.2) is 24.3 Å². The summed E-state index contributed by atoms with van der Waals surface area (Å²) in [5.41, 5.74) is 1.88. The largest absolute Gasteiger partial charge is 0.396 e. The molecule has 0 bridgehead atoms. The summed E-state index contributed by atoms with van der Waals surface area (Å²) in [4.78, 5) is 0. The topological polar surface area (TPSA) is 60.9 Å². The van der Waals surface area contributed by atoms with Crippen LogP contribution in [0.5, 0.6) is 0 Å². The highest BCUT2D eigenvalue weighted by molar-refractivity contribution is 7.90. The Morgan fingerprint density at radius 2 is 2.05 bits per heavy atom. The Morgan fingerprint density at radius 3 is 2.80 bits per heavy atom. The Morgan fingerprint density at radius 1 is 1.30 bits per heavy atom. The molecule has 1 N–H and O–H groups in total. The number of para-hydroxylation sites is 1. The predicted octanol–water partition coefficient (Wildman–Crippen LogP) is 1.39. The van der Waals surface area contributed by atoms with Crippen molar-refractivity contribution < 1.29 is 13.5 Å². The Hall–Kier alpha value is -1.11.